The minimum atomic E-state index is 0.0832. The van der Waals surface area contributed by atoms with Gasteiger partial charge in [0.2, 0.25) is 5.95 Å². The quantitative estimate of drug-likeness (QED) is 0.921. The lowest BCUT2D eigenvalue weighted by Crippen LogP contribution is -2.45. The van der Waals surface area contributed by atoms with Crippen molar-refractivity contribution in [2.75, 3.05) is 18.0 Å². The van der Waals surface area contributed by atoms with Crippen LogP contribution in [0, 0.1) is 20.8 Å². The molecule has 0 aliphatic carbocycles. The summed E-state index contributed by atoms with van der Waals surface area (Å²) < 4.78 is 0. The lowest BCUT2D eigenvalue weighted by molar-refractivity contribution is 0.359. The third-order valence-corrected chi connectivity index (χ3v) is 4.38. The van der Waals surface area contributed by atoms with E-state index in [9.17, 15) is 0 Å². The van der Waals surface area contributed by atoms with Gasteiger partial charge in [-0.3, -0.25) is 5.10 Å². The SMILES string of the molecule is Cc1cc(C)nc(N2CCC[C@](C)(c3[nH]ncc3C)C2)n1. The summed E-state index contributed by atoms with van der Waals surface area (Å²) in [6, 6.07) is 2.02. The van der Waals surface area contributed by atoms with Crippen molar-refractivity contribution in [3.63, 3.8) is 0 Å². The predicted octanol–water partition coefficient (Wildman–Crippen LogP) is 2.68. The van der Waals surface area contributed by atoms with Crippen LogP contribution < -0.4 is 4.90 Å². The number of rotatable bonds is 2. The summed E-state index contributed by atoms with van der Waals surface area (Å²) in [7, 11) is 0. The Morgan fingerprint density at radius 1 is 1.19 bits per heavy atom. The molecule has 3 heterocycles. The molecule has 5 nitrogen and oxygen atoms in total. The first-order valence-electron chi connectivity index (χ1n) is 7.56. The number of anilines is 1. The molecule has 112 valence electrons. The molecule has 1 saturated heterocycles. The first-order valence-corrected chi connectivity index (χ1v) is 7.56. The summed E-state index contributed by atoms with van der Waals surface area (Å²) in [5.74, 6) is 0.857. The van der Waals surface area contributed by atoms with Crippen LogP contribution >= 0.6 is 0 Å². The third-order valence-electron chi connectivity index (χ3n) is 4.38. The molecule has 0 unspecified atom stereocenters. The number of aromatic nitrogens is 4. The fourth-order valence-corrected chi connectivity index (χ4v) is 3.42. The molecule has 0 saturated carbocycles. The normalized spacial score (nSPS) is 22.6. The van der Waals surface area contributed by atoms with Crippen molar-refractivity contribution in [2.24, 2.45) is 0 Å². The van der Waals surface area contributed by atoms with E-state index >= 15 is 0 Å². The highest BCUT2D eigenvalue weighted by Gasteiger charge is 2.36. The van der Waals surface area contributed by atoms with Crippen LogP contribution in [0.4, 0.5) is 5.95 Å². The second-order valence-electron chi connectivity index (χ2n) is 6.46. The van der Waals surface area contributed by atoms with E-state index in [-0.39, 0.29) is 5.41 Å². The van der Waals surface area contributed by atoms with Gasteiger partial charge in [0.25, 0.3) is 0 Å². The molecular weight excluding hydrogens is 262 g/mol. The standard InChI is InChI=1S/C16H23N5/c1-11-9-17-20-14(11)16(4)6-5-7-21(10-16)15-18-12(2)8-13(3)19-15/h8-9H,5-7,10H2,1-4H3,(H,17,20)/t16-/m0/s1. The molecule has 0 aromatic carbocycles. The zero-order chi connectivity index (χ0) is 15.0. The highest BCUT2D eigenvalue weighted by Crippen LogP contribution is 2.35. The fourth-order valence-electron chi connectivity index (χ4n) is 3.42. The molecule has 1 aliphatic heterocycles. The topological polar surface area (TPSA) is 57.7 Å². The van der Waals surface area contributed by atoms with Crippen LogP contribution in [0.15, 0.2) is 12.3 Å². The number of hydrogen-bond acceptors (Lipinski definition) is 4. The van der Waals surface area contributed by atoms with Gasteiger partial charge < -0.3 is 4.90 Å². The summed E-state index contributed by atoms with van der Waals surface area (Å²) >= 11 is 0. The molecule has 1 N–H and O–H groups in total. The zero-order valence-electron chi connectivity index (χ0n) is 13.3. The zero-order valence-corrected chi connectivity index (χ0v) is 13.3. The van der Waals surface area contributed by atoms with Crippen LogP contribution in [-0.2, 0) is 5.41 Å². The second-order valence-corrected chi connectivity index (χ2v) is 6.46. The van der Waals surface area contributed by atoms with Gasteiger partial charge in [-0.15, -0.1) is 0 Å². The number of nitrogens with one attached hydrogen (secondary N) is 1. The molecule has 0 bridgehead atoms. The molecule has 2 aromatic rings. The van der Waals surface area contributed by atoms with E-state index < -0.39 is 0 Å². The first-order chi connectivity index (χ1) is 9.98. The van der Waals surface area contributed by atoms with Crippen molar-refractivity contribution in [1.29, 1.82) is 0 Å². The maximum absolute atomic E-state index is 4.62. The van der Waals surface area contributed by atoms with Gasteiger partial charge in [-0.1, -0.05) is 6.92 Å². The summed E-state index contributed by atoms with van der Waals surface area (Å²) in [6.07, 6.45) is 4.22. The van der Waals surface area contributed by atoms with Gasteiger partial charge in [0.1, 0.15) is 0 Å². The number of nitrogens with zero attached hydrogens (tertiary/aromatic N) is 4. The third kappa shape index (κ3) is 2.64. The van der Waals surface area contributed by atoms with Crippen molar-refractivity contribution >= 4 is 5.95 Å². The van der Waals surface area contributed by atoms with Crippen LogP contribution in [0.3, 0.4) is 0 Å². The van der Waals surface area contributed by atoms with E-state index in [0.29, 0.717) is 0 Å². The average Bonchev–Trinajstić information content (AvgIpc) is 2.85. The Bertz CT molecular complexity index is 628. The molecule has 2 aromatic heterocycles. The molecule has 1 aliphatic rings. The maximum Gasteiger partial charge on any atom is 0.225 e. The summed E-state index contributed by atoms with van der Waals surface area (Å²) in [6.45, 7) is 10.4. The molecule has 5 heteroatoms. The van der Waals surface area contributed by atoms with Crippen molar-refractivity contribution in [1.82, 2.24) is 20.2 Å². The molecule has 21 heavy (non-hydrogen) atoms. The first kappa shape index (κ1) is 14.0. The van der Waals surface area contributed by atoms with Gasteiger partial charge in [-0.05, 0) is 45.2 Å². The number of hydrogen-bond donors (Lipinski definition) is 1. The van der Waals surface area contributed by atoms with Gasteiger partial charge in [0.15, 0.2) is 0 Å². The molecule has 0 amide bonds. The van der Waals surface area contributed by atoms with E-state index in [1.807, 2.05) is 26.1 Å². The summed E-state index contributed by atoms with van der Waals surface area (Å²) in [4.78, 5) is 11.5. The molecular formula is C16H23N5. The minimum absolute atomic E-state index is 0.0832. The van der Waals surface area contributed by atoms with E-state index in [0.717, 1.165) is 43.3 Å². The van der Waals surface area contributed by atoms with Crippen molar-refractivity contribution in [2.45, 2.75) is 46.0 Å². The highest BCUT2D eigenvalue weighted by atomic mass is 15.3. The Kier molecular flexibility index (Phi) is 3.43. The molecule has 1 atom stereocenters. The van der Waals surface area contributed by atoms with Crippen LogP contribution in [0.25, 0.3) is 0 Å². The summed E-state index contributed by atoms with van der Waals surface area (Å²) in [5, 5.41) is 7.39. The van der Waals surface area contributed by atoms with Gasteiger partial charge in [0, 0.05) is 35.6 Å². The Balaban J connectivity index is 1.91. The maximum atomic E-state index is 4.62. The second kappa shape index (κ2) is 5.13. The van der Waals surface area contributed by atoms with E-state index in [2.05, 4.69) is 38.9 Å². The van der Waals surface area contributed by atoms with Crippen molar-refractivity contribution in [3.8, 4) is 0 Å². The van der Waals surface area contributed by atoms with Gasteiger partial charge >= 0.3 is 0 Å². The van der Waals surface area contributed by atoms with E-state index in [1.54, 1.807) is 0 Å². The smallest absolute Gasteiger partial charge is 0.225 e. The van der Waals surface area contributed by atoms with Crippen molar-refractivity contribution < 1.29 is 0 Å². The van der Waals surface area contributed by atoms with Crippen LogP contribution in [-0.4, -0.2) is 33.3 Å². The fraction of sp³-hybridized carbons (Fsp3) is 0.562. The minimum Gasteiger partial charge on any atom is -0.340 e. The number of H-pyrrole nitrogens is 1. The summed E-state index contributed by atoms with van der Waals surface area (Å²) in [5.41, 5.74) is 4.63. The van der Waals surface area contributed by atoms with Gasteiger partial charge in [-0.25, -0.2) is 9.97 Å². The molecule has 3 rings (SSSR count). The lowest BCUT2D eigenvalue weighted by atomic mass is 9.78. The number of piperidine rings is 1. The highest BCUT2D eigenvalue weighted by molar-refractivity contribution is 5.37. The molecule has 0 spiro atoms. The molecule has 1 fully saturated rings. The lowest BCUT2D eigenvalue weighted by Gasteiger charge is -2.40. The molecule has 0 radical (unpaired) electrons. The largest absolute Gasteiger partial charge is 0.340 e. The van der Waals surface area contributed by atoms with E-state index in [4.69, 9.17) is 0 Å². The Labute approximate surface area is 125 Å². The van der Waals surface area contributed by atoms with Gasteiger partial charge in [-0.2, -0.15) is 5.10 Å². The number of aromatic amines is 1. The van der Waals surface area contributed by atoms with Crippen molar-refractivity contribution in [3.05, 3.63) is 34.9 Å². The van der Waals surface area contributed by atoms with Crippen LogP contribution in [0.1, 0.15) is 42.4 Å². The predicted molar refractivity (Wildman–Crippen MR) is 83.6 cm³/mol. The average molecular weight is 285 g/mol. The Hall–Kier alpha value is -1.91. The van der Waals surface area contributed by atoms with Crippen LogP contribution in [0.2, 0.25) is 0 Å². The van der Waals surface area contributed by atoms with Crippen LogP contribution in [0.5, 0.6) is 0 Å². The van der Waals surface area contributed by atoms with E-state index in [1.165, 1.54) is 11.3 Å². The monoisotopic (exact) mass is 285 g/mol. The number of aryl methyl sites for hydroxylation is 3. The Morgan fingerprint density at radius 2 is 1.90 bits per heavy atom. The van der Waals surface area contributed by atoms with Gasteiger partial charge in [0.05, 0.1) is 6.20 Å². The Morgan fingerprint density at radius 3 is 2.52 bits per heavy atom.